The highest BCUT2D eigenvalue weighted by Crippen LogP contribution is 2.19. The van der Waals surface area contributed by atoms with Crippen LogP contribution < -0.4 is 5.32 Å². The Morgan fingerprint density at radius 2 is 1.77 bits per heavy atom. The SMILES string of the molecule is O=C(NCCC1=CCCCC1)c1cccc(C(=O)N2CCCCCC2)n1. The second-order valence-corrected chi connectivity index (χ2v) is 7.23. The molecule has 1 N–H and O–H groups in total. The molecule has 0 atom stereocenters. The summed E-state index contributed by atoms with van der Waals surface area (Å²) in [5.74, 6) is -0.263. The summed E-state index contributed by atoms with van der Waals surface area (Å²) in [4.78, 5) is 31.2. The lowest BCUT2D eigenvalue weighted by atomic mass is 9.97. The third kappa shape index (κ3) is 5.16. The smallest absolute Gasteiger partial charge is 0.272 e. The lowest BCUT2D eigenvalue weighted by molar-refractivity contribution is 0.0755. The van der Waals surface area contributed by atoms with E-state index in [1.165, 1.54) is 31.3 Å². The molecule has 0 radical (unpaired) electrons. The molecular formula is C21H29N3O2. The first-order chi connectivity index (χ1) is 12.7. The van der Waals surface area contributed by atoms with Crippen molar-refractivity contribution in [1.82, 2.24) is 15.2 Å². The fourth-order valence-electron chi connectivity index (χ4n) is 3.67. The van der Waals surface area contributed by atoms with E-state index in [2.05, 4.69) is 16.4 Å². The van der Waals surface area contributed by atoms with E-state index in [-0.39, 0.29) is 11.8 Å². The van der Waals surface area contributed by atoms with E-state index in [0.29, 0.717) is 17.9 Å². The van der Waals surface area contributed by atoms with Gasteiger partial charge in [0.2, 0.25) is 0 Å². The predicted octanol–water partition coefficient (Wildman–Crippen LogP) is 3.72. The summed E-state index contributed by atoms with van der Waals surface area (Å²) in [6.07, 6.45) is 12.5. The van der Waals surface area contributed by atoms with Crippen molar-refractivity contribution in [1.29, 1.82) is 0 Å². The Kier molecular flexibility index (Phi) is 6.81. The number of pyridine rings is 1. The molecule has 26 heavy (non-hydrogen) atoms. The largest absolute Gasteiger partial charge is 0.350 e. The summed E-state index contributed by atoms with van der Waals surface area (Å²) in [5.41, 5.74) is 2.13. The summed E-state index contributed by atoms with van der Waals surface area (Å²) in [6, 6.07) is 5.13. The molecule has 1 saturated heterocycles. The number of carbonyl (C=O) groups excluding carboxylic acids is 2. The van der Waals surface area contributed by atoms with E-state index in [1.54, 1.807) is 18.2 Å². The number of nitrogens with zero attached hydrogens (tertiary/aromatic N) is 2. The van der Waals surface area contributed by atoms with Gasteiger partial charge in [0, 0.05) is 19.6 Å². The number of aromatic nitrogens is 1. The maximum absolute atomic E-state index is 12.7. The van der Waals surface area contributed by atoms with Gasteiger partial charge in [0.25, 0.3) is 11.8 Å². The Morgan fingerprint density at radius 3 is 2.50 bits per heavy atom. The van der Waals surface area contributed by atoms with Crippen LogP contribution in [-0.4, -0.2) is 41.3 Å². The molecule has 0 aromatic carbocycles. The Labute approximate surface area is 155 Å². The van der Waals surface area contributed by atoms with Crippen molar-refractivity contribution >= 4 is 11.8 Å². The summed E-state index contributed by atoms with van der Waals surface area (Å²) >= 11 is 0. The number of carbonyl (C=O) groups is 2. The van der Waals surface area contributed by atoms with Crippen molar-refractivity contribution in [3.05, 3.63) is 41.2 Å². The van der Waals surface area contributed by atoms with Crippen LogP contribution in [0.25, 0.3) is 0 Å². The monoisotopic (exact) mass is 355 g/mol. The van der Waals surface area contributed by atoms with Gasteiger partial charge in [0.05, 0.1) is 0 Å². The third-order valence-corrected chi connectivity index (χ3v) is 5.21. The number of hydrogen-bond donors (Lipinski definition) is 1. The Morgan fingerprint density at radius 1 is 1.00 bits per heavy atom. The zero-order valence-corrected chi connectivity index (χ0v) is 15.5. The number of nitrogens with one attached hydrogen (secondary N) is 1. The summed E-state index contributed by atoms with van der Waals surface area (Å²) in [5, 5.41) is 2.93. The number of hydrogen-bond acceptors (Lipinski definition) is 3. The van der Waals surface area contributed by atoms with Gasteiger partial charge >= 0.3 is 0 Å². The molecule has 1 aliphatic heterocycles. The Balaban J connectivity index is 1.56. The third-order valence-electron chi connectivity index (χ3n) is 5.21. The molecule has 2 heterocycles. The molecule has 1 aromatic heterocycles. The molecule has 1 aromatic rings. The zero-order valence-electron chi connectivity index (χ0n) is 15.5. The minimum Gasteiger partial charge on any atom is -0.350 e. The van der Waals surface area contributed by atoms with Crippen LogP contribution in [0.5, 0.6) is 0 Å². The van der Waals surface area contributed by atoms with Crippen LogP contribution in [0.4, 0.5) is 0 Å². The molecule has 0 spiro atoms. The molecule has 2 aliphatic rings. The maximum atomic E-state index is 12.7. The minimum absolute atomic E-state index is 0.0612. The van der Waals surface area contributed by atoms with Gasteiger partial charge in [-0.2, -0.15) is 0 Å². The summed E-state index contributed by atoms with van der Waals surface area (Å²) < 4.78 is 0. The second-order valence-electron chi connectivity index (χ2n) is 7.23. The van der Waals surface area contributed by atoms with E-state index in [0.717, 1.165) is 45.2 Å². The number of rotatable bonds is 5. The maximum Gasteiger partial charge on any atom is 0.272 e. The van der Waals surface area contributed by atoms with Gasteiger partial charge in [-0.25, -0.2) is 4.98 Å². The quantitative estimate of drug-likeness (QED) is 0.819. The zero-order chi connectivity index (χ0) is 18.2. The minimum atomic E-state index is -0.202. The molecule has 0 unspecified atom stereocenters. The Bertz CT molecular complexity index is 661. The van der Waals surface area contributed by atoms with Crippen molar-refractivity contribution in [3.8, 4) is 0 Å². The van der Waals surface area contributed by atoms with Gasteiger partial charge in [0.15, 0.2) is 0 Å². The fraction of sp³-hybridized carbons (Fsp3) is 0.571. The molecule has 0 bridgehead atoms. The average Bonchev–Trinajstić information content (AvgIpc) is 2.98. The van der Waals surface area contributed by atoms with Gasteiger partial charge in [-0.05, 0) is 57.1 Å². The van der Waals surface area contributed by atoms with Crippen LogP contribution in [0.15, 0.2) is 29.8 Å². The predicted molar refractivity (Wildman–Crippen MR) is 102 cm³/mol. The highest BCUT2D eigenvalue weighted by molar-refractivity contribution is 5.96. The van der Waals surface area contributed by atoms with E-state index in [9.17, 15) is 9.59 Å². The Hall–Kier alpha value is -2.17. The van der Waals surface area contributed by atoms with Gasteiger partial charge in [-0.1, -0.05) is 30.6 Å². The van der Waals surface area contributed by atoms with Crippen LogP contribution in [0.3, 0.4) is 0 Å². The van der Waals surface area contributed by atoms with Crippen LogP contribution in [0, 0.1) is 0 Å². The van der Waals surface area contributed by atoms with E-state index in [4.69, 9.17) is 0 Å². The van der Waals surface area contributed by atoms with Gasteiger partial charge in [-0.3, -0.25) is 9.59 Å². The molecule has 5 nitrogen and oxygen atoms in total. The van der Waals surface area contributed by atoms with Crippen LogP contribution >= 0.6 is 0 Å². The highest BCUT2D eigenvalue weighted by Gasteiger charge is 2.19. The molecule has 3 rings (SSSR count). The van der Waals surface area contributed by atoms with Crippen molar-refractivity contribution in [3.63, 3.8) is 0 Å². The van der Waals surface area contributed by atoms with Gasteiger partial charge in [0.1, 0.15) is 11.4 Å². The molecule has 140 valence electrons. The van der Waals surface area contributed by atoms with E-state index >= 15 is 0 Å². The van der Waals surface area contributed by atoms with Crippen molar-refractivity contribution in [2.24, 2.45) is 0 Å². The number of allylic oxidation sites excluding steroid dienone is 1. The highest BCUT2D eigenvalue weighted by atomic mass is 16.2. The molecule has 2 amide bonds. The van der Waals surface area contributed by atoms with Crippen molar-refractivity contribution in [2.75, 3.05) is 19.6 Å². The summed E-state index contributed by atoms with van der Waals surface area (Å²) in [7, 11) is 0. The van der Waals surface area contributed by atoms with Crippen LogP contribution in [0.1, 0.15) is 78.8 Å². The first-order valence-corrected chi connectivity index (χ1v) is 9.96. The van der Waals surface area contributed by atoms with Crippen molar-refractivity contribution in [2.45, 2.75) is 57.8 Å². The van der Waals surface area contributed by atoms with Gasteiger partial charge < -0.3 is 10.2 Å². The second kappa shape index (κ2) is 9.51. The van der Waals surface area contributed by atoms with Crippen LogP contribution in [-0.2, 0) is 0 Å². The molecule has 1 aliphatic carbocycles. The lowest BCUT2D eigenvalue weighted by Crippen LogP contribution is -2.33. The standard InChI is InChI=1S/C21H29N3O2/c25-20(22-14-13-17-9-4-3-5-10-17)18-11-8-12-19(23-18)21(26)24-15-6-1-2-7-16-24/h8-9,11-12H,1-7,10,13-16H2,(H,22,25). The van der Waals surface area contributed by atoms with Crippen molar-refractivity contribution < 1.29 is 9.59 Å². The van der Waals surface area contributed by atoms with Crippen LogP contribution in [0.2, 0.25) is 0 Å². The molecule has 0 saturated carbocycles. The average molecular weight is 355 g/mol. The molecular weight excluding hydrogens is 326 g/mol. The molecule has 5 heteroatoms. The van der Waals surface area contributed by atoms with Gasteiger partial charge in [-0.15, -0.1) is 0 Å². The lowest BCUT2D eigenvalue weighted by Gasteiger charge is -2.19. The first-order valence-electron chi connectivity index (χ1n) is 9.96. The topological polar surface area (TPSA) is 62.3 Å². The van der Waals surface area contributed by atoms with E-state index in [1.807, 2.05) is 4.90 Å². The number of likely N-dealkylation sites (tertiary alicyclic amines) is 1. The normalized spacial score (nSPS) is 18.0. The number of amides is 2. The van der Waals surface area contributed by atoms with E-state index < -0.39 is 0 Å². The fourth-order valence-corrected chi connectivity index (χ4v) is 3.67. The first kappa shape index (κ1) is 18.6. The molecule has 1 fully saturated rings. The summed E-state index contributed by atoms with van der Waals surface area (Å²) in [6.45, 7) is 2.19.